The van der Waals surface area contributed by atoms with Gasteiger partial charge in [-0.05, 0) is 49.9 Å². The molecule has 150 valence electrons. The number of methoxy groups -OCH3 is 1. The first kappa shape index (κ1) is 19.9. The zero-order valence-electron chi connectivity index (χ0n) is 16.1. The second-order valence-electron chi connectivity index (χ2n) is 6.89. The number of aromatic nitrogens is 2. The summed E-state index contributed by atoms with van der Waals surface area (Å²) in [6.45, 7) is 1.53. The molecule has 1 fully saturated rings. The van der Waals surface area contributed by atoms with Gasteiger partial charge in [-0.3, -0.25) is 9.48 Å². The lowest BCUT2D eigenvalue weighted by Gasteiger charge is -2.35. The van der Waals surface area contributed by atoms with Crippen molar-refractivity contribution in [2.75, 3.05) is 30.9 Å². The van der Waals surface area contributed by atoms with E-state index in [4.69, 9.17) is 4.74 Å². The van der Waals surface area contributed by atoms with E-state index < -0.39 is 0 Å². The third-order valence-corrected chi connectivity index (χ3v) is 4.81. The number of piperidine rings is 1. The minimum atomic E-state index is -0.235. The van der Waals surface area contributed by atoms with E-state index in [1.165, 1.54) is 7.11 Å². The first-order valence-corrected chi connectivity index (χ1v) is 9.59. The Hall–Kier alpha value is -2.87. The van der Waals surface area contributed by atoms with Crippen LogP contribution in [0.15, 0.2) is 42.7 Å². The van der Waals surface area contributed by atoms with Crippen molar-refractivity contribution in [3.05, 3.63) is 42.7 Å². The van der Waals surface area contributed by atoms with Crippen molar-refractivity contribution in [2.45, 2.75) is 38.3 Å². The number of rotatable bonds is 7. The summed E-state index contributed by atoms with van der Waals surface area (Å²) in [6, 6.07) is 9.12. The second kappa shape index (κ2) is 9.89. The zero-order chi connectivity index (χ0) is 19.8. The van der Waals surface area contributed by atoms with Crippen LogP contribution < -0.4 is 10.6 Å². The van der Waals surface area contributed by atoms with E-state index in [1.807, 2.05) is 27.9 Å². The maximum absolute atomic E-state index is 12.9. The molecule has 8 nitrogen and oxygen atoms in total. The maximum atomic E-state index is 12.9. The summed E-state index contributed by atoms with van der Waals surface area (Å²) in [5.41, 5.74) is 1.27. The van der Waals surface area contributed by atoms with Crippen molar-refractivity contribution in [1.82, 2.24) is 14.7 Å². The van der Waals surface area contributed by atoms with E-state index in [9.17, 15) is 9.59 Å². The highest BCUT2D eigenvalue weighted by Crippen LogP contribution is 2.22. The van der Waals surface area contributed by atoms with Crippen LogP contribution in [0.3, 0.4) is 0 Å². The van der Waals surface area contributed by atoms with Gasteiger partial charge in [0.2, 0.25) is 5.91 Å². The lowest BCUT2D eigenvalue weighted by Crippen LogP contribution is -2.46. The first-order chi connectivity index (χ1) is 13.7. The summed E-state index contributed by atoms with van der Waals surface area (Å²) >= 11 is 0. The molecule has 0 unspecified atom stereocenters. The number of hydrogen-bond acceptors (Lipinski definition) is 4. The van der Waals surface area contributed by atoms with E-state index in [2.05, 4.69) is 15.7 Å². The van der Waals surface area contributed by atoms with Crippen LogP contribution in [0.25, 0.3) is 0 Å². The van der Waals surface area contributed by atoms with Crippen LogP contribution in [-0.4, -0.2) is 52.9 Å². The molecule has 2 heterocycles. The normalized spacial score (nSPS) is 16.6. The number of amides is 3. The highest BCUT2D eigenvalue weighted by atomic mass is 16.5. The van der Waals surface area contributed by atoms with Gasteiger partial charge in [-0.2, -0.15) is 5.10 Å². The number of carbonyl (C=O) groups is 2. The molecule has 1 aromatic heterocycles. The summed E-state index contributed by atoms with van der Waals surface area (Å²) in [5, 5.41) is 9.94. The average molecular weight is 385 g/mol. The molecule has 0 radical (unpaired) electrons. The highest BCUT2D eigenvalue weighted by molar-refractivity contribution is 5.94. The van der Waals surface area contributed by atoms with Gasteiger partial charge in [-0.1, -0.05) is 6.07 Å². The van der Waals surface area contributed by atoms with E-state index in [-0.39, 0.29) is 24.6 Å². The first-order valence-electron chi connectivity index (χ1n) is 9.59. The molecule has 2 aromatic rings. The molecule has 0 saturated carbocycles. The molecular weight excluding hydrogens is 358 g/mol. The third kappa shape index (κ3) is 5.56. The Bertz CT molecular complexity index is 778. The summed E-state index contributed by atoms with van der Waals surface area (Å²) in [7, 11) is 1.47. The Morgan fingerprint density at radius 2 is 2.04 bits per heavy atom. The number of urea groups is 1. The van der Waals surface area contributed by atoms with Gasteiger partial charge in [0, 0.05) is 50.0 Å². The molecule has 3 rings (SSSR count). The van der Waals surface area contributed by atoms with Crippen LogP contribution in [0.2, 0.25) is 0 Å². The Kier molecular flexibility index (Phi) is 7.02. The zero-order valence-corrected chi connectivity index (χ0v) is 16.1. The number of aryl methyl sites for hydroxylation is 1. The van der Waals surface area contributed by atoms with Crippen molar-refractivity contribution in [3.8, 4) is 0 Å². The number of likely N-dealkylation sites (tertiary alicyclic amines) is 1. The summed E-state index contributed by atoms with van der Waals surface area (Å²) in [6.07, 6.45) is 7.73. The Labute approximate surface area is 164 Å². The van der Waals surface area contributed by atoms with Gasteiger partial charge in [0.05, 0.1) is 0 Å². The van der Waals surface area contributed by atoms with Gasteiger partial charge in [0.1, 0.15) is 6.61 Å². The van der Waals surface area contributed by atoms with Crippen LogP contribution in [-0.2, 0) is 16.1 Å². The molecule has 8 heteroatoms. The number of benzene rings is 1. The number of nitrogens with zero attached hydrogens (tertiary/aromatic N) is 3. The minimum Gasteiger partial charge on any atom is -0.375 e. The van der Waals surface area contributed by atoms with Crippen LogP contribution in [0.5, 0.6) is 0 Å². The number of anilines is 2. The van der Waals surface area contributed by atoms with E-state index in [0.717, 1.165) is 38.8 Å². The summed E-state index contributed by atoms with van der Waals surface area (Å²) in [4.78, 5) is 26.4. The fourth-order valence-corrected chi connectivity index (χ4v) is 3.48. The van der Waals surface area contributed by atoms with Gasteiger partial charge >= 0.3 is 6.03 Å². The summed E-state index contributed by atoms with van der Waals surface area (Å²) < 4.78 is 6.72. The van der Waals surface area contributed by atoms with E-state index in [1.54, 1.807) is 24.4 Å². The lowest BCUT2D eigenvalue weighted by atomic mass is 10.00. The van der Waals surface area contributed by atoms with Gasteiger partial charge in [0.25, 0.3) is 0 Å². The number of carbonyl (C=O) groups excluding carboxylic acids is 2. The molecule has 1 atom stereocenters. The van der Waals surface area contributed by atoms with Gasteiger partial charge in [-0.15, -0.1) is 0 Å². The standard InChI is InChI=1S/C20H27N5O3/c1-28-15-19(26)22-16-6-4-7-17(14-16)23-20(27)25-12-3-2-8-18(25)9-13-24-11-5-10-21-24/h4-7,10-11,14,18H,2-3,8-9,12-13,15H2,1H3,(H,22,26)(H,23,27)/t18-/m1/s1. The molecule has 0 aliphatic carbocycles. The predicted molar refractivity (Wildman–Crippen MR) is 107 cm³/mol. The average Bonchev–Trinajstić information content (AvgIpc) is 3.20. The maximum Gasteiger partial charge on any atom is 0.322 e. The Balaban J connectivity index is 1.59. The van der Waals surface area contributed by atoms with E-state index >= 15 is 0 Å². The van der Waals surface area contributed by atoms with Crippen molar-refractivity contribution >= 4 is 23.3 Å². The second-order valence-corrected chi connectivity index (χ2v) is 6.89. The van der Waals surface area contributed by atoms with Crippen molar-refractivity contribution in [3.63, 3.8) is 0 Å². The van der Waals surface area contributed by atoms with Crippen molar-refractivity contribution < 1.29 is 14.3 Å². The van der Waals surface area contributed by atoms with Crippen LogP contribution in [0.4, 0.5) is 16.2 Å². The smallest absolute Gasteiger partial charge is 0.322 e. The fourth-order valence-electron chi connectivity index (χ4n) is 3.48. The Morgan fingerprint density at radius 3 is 2.79 bits per heavy atom. The monoisotopic (exact) mass is 385 g/mol. The fraction of sp³-hybridized carbons (Fsp3) is 0.450. The number of ether oxygens (including phenoxy) is 1. The Morgan fingerprint density at radius 1 is 1.21 bits per heavy atom. The molecule has 28 heavy (non-hydrogen) atoms. The van der Waals surface area contributed by atoms with Crippen LogP contribution in [0.1, 0.15) is 25.7 Å². The summed E-state index contributed by atoms with van der Waals surface area (Å²) in [5.74, 6) is -0.235. The van der Waals surface area contributed by atoms with Crippen molar-refractivity contribution in [1.29, 1.82) is 0 Å². The largest absolute Gasteiger partial charge is 0.375 e. The topological polar surface area (TPSA) is 88.5 Å². The molecule has 3 amide bonds. The number of hydrogen-bond donors (Lipinski definition) is 2. The quantitative estimate of drug-likeness (QED) is 0.767. The number of nitrogens with one attached hydrogen (secondary N) is 2. The van der Waals surface area contributed by atoms with Crippen LogP contribution in [0, 0.1) is 0 Å². The lowest BCUT2D eigenvalue weighted by molar-refractivity contribution is -0.119. The van der Waals surface area contributed by atoms with Gasteiger partial charge in [-0.25, -0.2) is 4.79 Å². The molecule has 1 aromatic carbocycles. The molecule has 2 N–H and O–H groups in total. The molecule has 1 saturated heterocycles. The molecule has 0 spiro atoms. The predicted octanol–water partition coefficient (Wildman–Crippen LogP) is 2.94. The minimum absolute atomic E-state index is 0.0116. The third-order valence-electron chi connectivity index (χ3n) is 4.81. The molecule has 0 bridgehead atoms. The molecule has 1 aliphatic rings. The van der Waals surface area contributed by atoms with Gasteiger partial charge < -0.3 is 20.3 Å². The highest BCUT2D eigenvalue weighted by Gasteiger charge is 2.26. The van der Waals surface area contributed by atoms with Gasteiger partial charge in [0.15, 0.2) is 0 Å². The van der Waals surface area contributed by atoms with Crippen molar-refractivity contribution in [2.24, 2.45) is 0 Å². The van der Waals surface area contributed by atoms with E-state index in [0.29, 0.717) is 11.4 Å². The van der Waals surface area contributed by atoms with Crippen LogP contribution >= 0.6 is 0 Å². The molecule has 1 aliphatic heterocycles. The molecular formula is C20H27N5O3. The SMILES string of the molecule is COCC(=O)Nc1cccc(NC(=O)N2CCCC[C@@H]2CCn2cccn2)c1.